The van der Waals surface area contributed by atoms with E-state index in [4.69, 9.17) is 15.2 Å². The second-order valence-corrected chi connectivity index (χ2v) is 5.10. The third-order valence-electron chi connectivity index (χ3n) is 2.82. The van der Waals surface area contributed by atoms with Crippen LogP contribution in [0.5, 0.6) is 11.5 Å². The Morgan fingerprint density at radius 2 is 2.05 bits per heavy atom. The average molecular weight is 280 g/mol. The number of rotatable bonds is 8. The van der Waals surface area contributed by atoms with Gasteiger partial charge in [-0.2, -0.15) is 0 Å². The SMILES string of the molecule is COc1cccc(OCC(=O)NC(CN)CC(C)C)c1. The Kier molecular flexibility index (Phi) is 6.87. The Bertz CT molecular complexity index is 421. The number of amides is 1. The van der Waals surface area contributed by atoms with E-state index in [0.717, 1.165) is 6.42 Å². The Balaban J connectivity index is 2.42. The number of nitrogens with one attached hydrogen (secondary N) is 1. The molecule has 0 saturated heterocycles. The van der Waals surface area contributed by atoms with Gasteiger partial charge in [0.25, 0.3) is 5.91 Å². The minimum Gasteiger partial charge on any atom is -0.497 e. The van der Waals surface area contributed by atoms with Crippen molar-refractivity contribution in [3.05, 3.63) is 24.3 Å². The van der Waals surface area contributed by atoms with Gasteiger partial charge in [-0.1, -0.05) is 19.9 Å². The first kappa shape index (κ1) is 16.3. The van der Waals surface area contributed by atoms with Crippen LogP contribution in [-0.2, 0) is 4.79 Å². The van der Waals surface area contributed by atoms with Gasteiger partial charge in [0.2, 0.25) is 0 Å². The zero-order valence-electron chi connectivity index (χ0n) is 12.4. The van der Waals surface area contributed by atoms with Gasteiger partial charge >= 0.3 is 0 Å². The normalized spacial score (nSPS) is 12.1. The second kappa shape index (κ2) is 8.43. The topological polar surface area (TPSA) is 73.6 Å². The van der Waals surface area contributed by atoms with Crippen LogP contribution in [0.3, 0.4) is 0 Å². The minimum atomic E-state index is -0.163. The third kappa shape index (κ3) is 5.93. The summed E-state index contributed by atoms with van der Waals surface area (Å²) in [4.78, 5) is 11.8. The Morgan fingerprint density at radius 3 is 2.65 bits per heavy atom. The van der Waals surface area contributed by atoms with E-state index >= 15 is 0 Å². The van der Waals surface area contributed by atoms with Gasteiger partial charge in [-0.05, 0) is 24.5 Å². The van der Waals surface area contributed by atoms with Crippen molar-refractivity contribution in [2.45, 2.75) is 26.3 Å². The number of methoxy groups -OCH3 is 1. The van der Waals surface area contributed by atoms with Crippen LogP contribution in [0.2, 0.25) is 0 Å². The Hall–Kier alpha value is -1.75. The van der Waals surface area contributed by atoms with Crippen molar-refractivity contribution < 1.29 is 14.3 Å². The summed E-state index contributed by atoms with van der Waals surface area (Å²) >= 11 is 0. The average Bonchev–Trinajstić information content (AvgIpc) is 2.44. The molecule has 5 heteroatoms. The Labute approximate surface area is 120 Å². The third-order valence-corrected chi connectivity index (χ3v) is 2.82. The molecule has 3 N–H and O–H groups in total. The summed E-state index contributed by atoms with van der Waals surface area (Å²) in [5.74, 6) is 1.63. The maximum Gasteiger partial charge on any atom is 0.258 e. The van der Waals surface area contributed by atoms with Crippen LogP contribution < -0.4 is 20.5 Å². The molecule has 1 aromatic carbocycles. The number of hydrogen-bond donors (Lipinski definition) is 2. The lowest BCUT2D eigenvalue weighted by Crippen LogP contribution is -2.43. The van der Waals surface area contributed by atoms with Crippen LogP contribution in [0.1, 0.15) is 20.3 Å². The molecule has 0 aliphatic carbocycles. The molecule has 0 fully saturated rings. The first-order chi connectivity index (χ1) is 9.55. The molecule has 112 valence electrons. The van der Waals surface area contributed by atoms with E-state index in [-0.39, 0.29) is 18.6 Å². The highest BCUT2D eigenvalue weighted by molar-refractivity contribution is 5.77. The fourth-order valence-corrected chi connectivity index (χ4v) is 1.89. The molecule has 1 aromatic rings. The smallest absolute Gasteiger partial charge is 0.258 e. The molecule has 1 amide bonds. The van der Waals surface area contributed by atoms with Crippen molar-refractivity contribution in [2.75, 3.05) is 20.3 Å². The molecule has 1 unspecified atom stereocenters. The molecule has 0 heterocycles. The standard InChI is InChI=1S/C15H24N2O3/c1-11(2)7-12(9-16)17-15(18)10-20-14-6-4-5-13(8-14)19-3/h4-6,8,11-12H,7,9-10,16H2,1-3H3,(H,17,18). The summed E-state index contributed by atoms with van der Waals surface area (Å²) < 4.78 is 10.5. The summed E-state index contributed by atoms with van der Waals surface area (Å²) in [7, 11) is 1.59. The van der Waals surface area contributed by atoms with Crippen LogP contribution in [0.4, 0.5) is 0 Å². The summed E-state index contributed by atoms with van der Waals surface area (Å²) in [6.07, 6.45) is 0.862. The first-order valence-corrected chi connectivity index (χ1v) is 6.81. The number of nitrogens with two attached hydrogens (primary N) is 1. The van der Waals surface area contributed by atoms with E-state index in [9.17, 15) is 4.79 Å². The summed E-state index contributed by atoms with van der Waals surface area (Å²) in [6, 6.07) is 7.15. The second-order valence-electron chi connectivity index (χ2n) is 5.10. The van der Waals surface area contributed by atoms with Crippen molar-refractivity contribution in [1.82, 2.24) is 5.32 Å². The van der Waals surface area contributed by atoms with Gasteiger partial charge < -0.3 is 20.5 Å². The fraction of sp³-hybridized carbons (Fsp3) is 0.533. The molecular formula is C15H24N2O3. The predicted octanol–water partition coefficient (Wildman–Crippen LogP) is 1.56. The highest BCUT2D eigenvalue weighted by Gasteiger charge is 2.12. The molecule has 1 atom stereocenters. The van der Waals surface area contributed by atoms with Gasteiger partial charge in [0.15, 0.2) is 6.61 Å². The van der Waals surface area contributed by atoms with Crippen molar-refractivity contribution in [2.24, 2.45) is 11.7 Å². The van der Waals surface area contributed by atoms with E-state index in [1.165, 1.54) is 0 Å². The molecule has 1 rings (SSSR count). The van der Waals surface area contributed by atoms with Crippen molar-refractivity contribution in [1.29, 1.82) is 0 Å². The maximum atomic E-state index is 11.8. The quantitative estimate of drug-likeness (QED) is 0.758. The zero-order chi connectivity index (χ0) is 15.0. The molecule has 0 spiro atoms. The highest BCUT2D eigenvalue weighted by atomic mass is 16.5. The first-order valence-electron chi connectivity index (χ1n) is 6.81. The lowest BCUT2D eigenvalue weighted by Gasteiger charge is -2.18. The number of carbonyl (C=O) groups excluding carboxylic acids is 1. The molecule has 0 bridgehead atoms. The minimum absolute atomic E-state index is 0.00332. The van der Waals surface area contributed by atoms with Crippen LogP contribution in [0, 0.1) is 5.92 Å². The van der Waals surface area contributed by atoms with E-state index < -0.39 is 0 Å². The van der Waals surface area contributed by atoms with Gasteiger partial charge in [-0.15, -0.1) is 0 Å². The Morgan fingerprint density at radius 1 is 1.35 bits per heavy atom. The van der Waals surface area contributed by atoms with Crippen molar-refractivity contribution in [3.63, 3.8) is 0 Å². The molecule has 20 heavy (non-hydrogen) atoms. The van der Waals surface area contributed by atoms with E-state index in [1.54, 1.807) is 19.2 Å². The molecule has 0 saturated carbocycles. The monoisotopic (exact) mass is 280 g/mol. The van der Waals surface area contributed by atoms with Crippen LogP contribution in [0.25, 0.3) is 0 Å². The van der Waals surface area contributed by atoms with Crippen LogP contribution in [0.15, 0.2) is 24.3 Å². The predicted molar refractivity (Wildman–Crippen MR) is 78.9 cm³/mol. The van der Waals surface area contributed by atoms with Gasteiger partial charge in [-0.25, -0.2) is 0 Å². The number of carbonyl (C=O) groups is 1. The van der Waals surface area contributed by atoms with Gasteiger partial charge in [0, 0.05) is 18.7 Å². The lowest BCUT2D eigenvalue weighted by molar-refractivity contribution is -0.123. The largest absolute Gasteiger partial charge is 0.497 e. The van der Waals surface area contributed by atoms with E-state index in [2.05, 4.69) is 19.2 Å². The van der Waals surface area contributed by atoms with E-state index in [1.807, 2.05) is 12.1 Å². The molecule has 5 nitrogen and oxygen atoms in total. The number of benzene rings is 1. The summed E-state index contributed by atoms with van der Waals surface area (Å²) in [6.45, 7) is 4.61. The lowest BCUT2D eigenvalue weighted by atomic mass is 10.0. The molecule has 0 aliphatic rings. The van der Waals surface area contributed by atoms with Gasteiger partial charge in [-0.3, -0.25) is 4.79 Å². The summed E-state index contributed by atoms with van der Waals surface area (Å²) in [5.41, 5.74) is 5.64. The van der Waals surface area contributed by atoms with Crippen molar-refractivity contribution in [3.8, 4) is 11.5 Å². The highest BCUT2D eigenvalue weighted by Crippen LogP contribution is 2.18. The van der Waals surface area contributed by atoms with Crippen molar-refractivity contribution >= 4 is 5.91 Å². The fourth-order valence-electron chi connectivity index (χ4n) is 1.89. The maximum absolute atomic E-state index is 11.8. The van der Waals surface area contributed by atoms with Crippen LogP contribution in [-0.4, -0.2) is 32.2 Å². The van der Waals surface area contributed by atoms with E-state index in [0.29, 0.717) is 24.0 Å². The molecular weight excluding hydrogens is 256 g/mol. The zero-order valence-corrected chi connectivity index (χ0v) is 12.4. The van der Waals surface area contributed by atoms with Crippen LogP contribution >= 0.6 is 0 Å². The van der Waals surface area contributed by atoms with Gasteiger partial charge in [0.1, 0.15) is 11.5 Å². The molecule has 0 radical (unpaired) electrons. The summed E-state index contributed by atoms with van der Waals surface area (Å²) in [5, 5.41) is 2.88. The molecule has 0 aromatic heterocycles. The van der Waals surface area contributed by atoms with Gasteiger partial charge in [0.05, 0.1) is 7.11 Å². The number of ether oxygens (including phenoxy) is 2. The number of hydrogen-bond acceptors (Lipinski definition) is 4. The molecule has 0 aliphatic heterocycles.